The number of phenols is 1. The Hall–Kier alpha value is -1.74. The minimum atomic E-state index is -0.650. The fourth-order valence-electron chi connectivity index (χ4n) is 2.32. The largest absolute Gasteiger partial charge is 0.508 e. The number of benzene rings is 2. The summed E-state index contributed by atoms with van der Waals surface area (Å²) in [6, 6.07) is 9.16. The second-order valence-corrected chi connectivity index (χ2v) is 5.57. The van der Waals surface area contributed by atoms with Crippen LogP contribution < -0.4 is 4.74 Å². The molecule has 4 heteroatoms. The van der Waals surface area contributed by atoms with Gasteiger partial charge in [-0.2, -0.15) is 0 Å². The van der Waals surface area contributed by atoms with Gasteiger partial charge in [0.2, 0.25) is 0 Å². The third-order valence-corrected chi connectivity index (χ3v) is 3.70. The highest BCUT2D eigenvalue weighted by molar-refractivity contribution is 6.30. The first kappa shape index (κ1) is 14.7. The SMILES string of the molecule is COc1ccc(F)cc1C(C)(C)c1cc(Cl)ccc1O. The highest BCUT2D eigenvalue weighted by atomic mass is 35.5. The van der Waals surface area contributed by atoms with E-state index in [-0.39, 0.29) is 11.6 Å². The van der Waals surface area contributed by atoms with E-state index in [1.165, 1.54) is 25.3 Å². The van der Waals surface area contributed by atoms with Crippen LogP contribution in [0.1, 0.15) is 25.0 Å². The van der Waals surface area contributed by atoms with Gasteiger partial charge in [-0.15, -0.1) is 0 Å². The Labute approximate surface area is 122 Å². The van der Waals surface area contributed by atoms with E-state index in [1.54, 1.807) is 18.2 Å². The van der Waals surface area contributed by atoms with E-state index in [0.717, 1.165) is 0 Å². The first-order valence-electron chi connectivity index (χ1n) is 6.19. The zero-order valence-corrected chi connectivity index (χ0v) is 12.3. The molecule has 2 nitrogen and oxygen atoms in total. The molecular formula is C16H16ClFO2. The van der Waals surface area contributed by atoms with Crippen molar-refractivity contribution in [2.24, 2.45) is 0 Å². The number of rotatable bonds is 3. The Morgan fingerprint density at radius 1 is 1.10 bits per heavy atom. The maximum atomic E-state index is 13.6. The van der Waals surface area contributed by atoms with Crippen molar-refractivity contribution in [2.75, 3.05) is 7.11 Å². The number of hydrogen-bond donors (Lipinski definition) is 1. The van der Waals surface area contributed by atoms with Gasteiger partial charge in [0, 0.05) is 21.6 Å². The van der Waals surface area contributed by atoms with Crippen LogP contribution in [-0.4, -0.2) is 12.2 Å². The van der Waals surface area contributed by atoms with Crippen LogP contribution in [0.5, 0.6) is 11.5 Å². The molecule has 0 radical (unpaired) electrons. The summed E-state index contributed by atoms with van der Waals surface area (Å²) < 4.78 is 18.9. The van der Waals surface area contributed by atoms with E-state index in [1.807, 2.05) is 13.8 Å². The molecule has 2 aromatic carbocycles. The Kier molecular flexibility index (Phi) is 3.91. The lowest BCUT2D eigenvalue weighted by molar-refractivity contribution is 0.395. The van der Waals surface area contributed by atoms with Crippen molar-refractivity contribution in [3.8, 4) is 11.5 Å². The Bertz CT molecular complexity index is 638. The van der Waals surface area contributed by atoms with E-state index in [4.69, 9.17) is 16.3 Å². The van der Waals surface area contributed by atoms with E-state index < -0.39 is 5.41 Å². The van der Waals surface area contributed by atoms with Crippen molar-refractivity contribution < 1.29 is 14.2 Å². The topological polar surface area (TPSA) is 29.5 Å². The van der Waals surface area contributed by atoms with Gasteiger partial charge in [-0.25, -0.2) is 4.39 Å². The molecule has 0 aromatic heterocycles. The molecule has 106 valence electrons. The first-order chi connectivity index (χ1) is 9.36. The second kappa shape index (κ2) is 5.33. The van der Waals surface area contributed by atoms with Gasteiger partial charge in [-0.05, 0) is 36.4 Å². The van der Waals surface area contributed by atoms with Crippen molar-refractivity contribution in [1.29, 1.82) is 0 Å². The molecular weight excluding hydrogens is 279 g/mol. The molecule has 0 atom stereocenters. The van der Waals surface area contributed by atoms with Crippen LogP contribution in [-0.2, 0) is 5.41 Å². The lowest BCUT2D eigenvalue weighted by atomic mass is 9.77. The summed E-state index contributed by atoms with van der Waals surface area (Å²) in [4.78, 5) is 0. The maximum absolute atomic E-state index is 13.6. The van der Waals surface area contributed by atoms with E-state index in [0.29, 0.717) is 21.9 Å². The Morgan fingerprint density at radius 3 is 2.45 bits per heavy atom. The molecule has 0 fully saturated rings. The van der Waals surface area contributed by atoms with Gasteiger partial charge in [0.25, 0.3) is 0 Å². The van der Waals surface area contributed by atoms with Crippen LogP contribution >= 0.6 is 11.6 Å². The molecule has 0 saturated carbocycles. The molecule has 2 rings (SSSR count). The van der Waals surface area contributed by atoms with Crippen LogP contribution in [0.4, 0.5) is 4.39 Å². The van der Waals surface area contributed by atoms with E-state index in [9.17, 15) is 9.50 Å². The molecule has 2 aromatic rings. The van der Waals surface area contributed by atoms with Crippen molar-refractivity contribution in [2.45, 2.75) is 19.3 Å². The maximum Gasteiger partial charge on any atom is 0.123 e. The predicted molar refractivity (Wildman–Crippen MR) is 78.2 cm³/mol. The summed E-state index contributed by atoms with van der Waals surface area (Å²) in [7, 11) is 1.53. The molecule has 20 heavy (non-hydrogen) atoms. The number of aromatic hydroxyl groups is 1. The predicted octanol–water partition coefficient (Wildman–Crippen LogP) is 4.52. The zero-order chi connectivity index (χ0) is 14.9. The molecule has 1 N–H and O–H groups in total. The number of ether oxygens (including phenoxy) is 1. The highest BCUT2D eigenvalue weighted by Crippen LogP contribution is 2.42. The number of hydrogen-bond acceptors (Lipinski definition) is 2. The summed E-state index contributed by atoms with van der Waals surface area (Å²) in [5.41, 5.74) is 0.620. The third-order valence-electron chi connectivity index (χ3n) is 3.47. The summed E-state index contributed by atoms with van der Waals surface area (Å²) >= 11 is 6.00. The minimum absolute atomic E-state index is 0.116. The van der Waals surface area contributed by atoms with Crippen LogP contribution in [0.2, 0.25) is 5.02 Å². The molecule has 0 amide bonds. The molecule has 0 bridgehead atoms. The van der Waals surface area contributed by atoms with Crippen molar-refractivity contribution in [3.05, 3.63) is 58.4 Å². The second-order valence-electron chi connectivity index (χ2n) is 5.13. The van der Waals surface area contributed by atoms with Crippen molar-refractivity contribution in [1.82, 2.24) is 0 Å². The molecule has 0 aliphatic heterocycles. The Balaban J connectivity index is 2.65. The lowest BCUT2D eigenvalue weighted by Crippen LogP contribution is -2.20. The van der Waals surface area contributed by atoms with Crippen LogP contribution in [0.3, 0.4) is 0 Å². The smallest absolute Gasteiger partial charge is 0.123 e. The fourth-order valence-corrected chi connectivity index (χ4v) is 2.49. The van der Waals surface area contributed by atoms with Gasteiger partial charge in [0.05, 0.1) is 7.11 Å². The zero-order valence-electron chi connectivity index (χ0n) is 11.6. The molecule has 0 heterocycles. The average Bonchev–Trinajstić information content (AvgIpc) is 2.41. The van der Waals surface area contributed by atoms with Gasteiger partial charge in [0.15, 0.2) is 0 Å². The van der Waals surface area contributed by atoms with Gasteiger partial charge < -0.3 is 9.84 Å². The lowest BCUT2D eigenvalue weighted by Gasteiger charge is -2.28. The molecule has 0 unspecified atom stereocenters. The summed E-state index contributed by atoms with van der Waals surface area (Å²) in [6.07, 6.45) is 0. The quantitative estimate of drug-likeness (QED) is 0.902. The highest BCUT2D eigenvalue weighted by Gasteiger charge is 2.30. The van der Waals surface area contributed by atoms with E-state index in [2.05, 4.69) is 0 Å². The molecule has 0 saturated heterocycles. The van der Waals surface area contributed by atoms with Gasteiger partial charge in [-0.3, -0.25) is 0 Å². The van der Waals surface area contributed by atoms with Crippen LogP contribution in [0.15, 0.2) is 36.4 Å². The fraction of sp³-hybridized carbons (Fsp3) is 0.250. The van der Waals surface area contributed by atoms with Gasteiger partial charge >= 0.3 is 0 Å². The molecule has 0 aliphatic rings. The van der Waals surface area contributed by atoms with Gasteiger partial charge in [-0.1, -0.05) is 25.4 Å². The first-order valence-corrected chi connectivity index (χ1v) is 6.57. The standard InChI is InChI=1S/C16H16ClFO2/c1-16(2,12-8-10(17)4-6-14(12)19)13-9-11(18)5-7-15(13)20-3/h4-9,19H,1-3H3. The number of phenolic OH excluding ortho intramolecular Hbond substituents is 1. The summed E-state index contributed by atoms with van der Waals surface area (Å²) in [5.74, 6) is 0.330. The van der Waals surface area contributed by atoms with Crippen molar-refractivity contribution >= 4 is 11.6 Å². The van der Waals surface area contributed by atoms with E-state index >= 15 is 0 Å². The summed E-state index contributed by atoms with van der Waals surface area (Å²) in [6.45, 7) is 3.77. The molecule has 0 aliphatic carbocycles. The van der Waals surface area contributed by atoms with Crippen molar-refractivity contribution in [3.63, 3.8) is 0 Å². The molecule has 0 spiro atoms. The monoisotopic (exact) mass is 294 g/mol. The average molecular weight is 295 g/mol. The number of methoxy groups -OCH3 is 1. The minimum Gasteiger partial charge on any atom is -0.508 e. The van der Waals surface area contributed by atoms with Crippen LogP contribution in [0, 0.1) is 5.82 Å². The number of halogens is 2. The third kappa shape index (κ3) is 2.59. The van der Waals surface area contributed by atoms with Gasteiger partial charge in [0.1, 0.15) is 17.3 Å². The Morgan fingerprint density at radius 2 is 1.80 bits per heavy atom. The normalized spacial score (nSPS) is 11.4. The summed E-state index contributed by atoms with van der Waals surface area (Å²) in [5, 5.41) is 10.6. The van der Waals surface area contributed by atoms with Crippen LogP contribution in [0.25, 0.3) is 0 Å².